The van der Waals surface area contributed by atoms with Crippen LogP contribution in [0, 0.1) is 6.92 Å². The quantitative estimate of drug-likeness (QED) is 0.804. The molecule has 0 saturated carbocycles. The number of hydrogen-bond donors (Lipinski definition) is 1. The SMILES string of the molecule is Cc1ccc(OC(C)COC(C)CO)cc1. The van der Waals surface area contributed by atoms with Crippen LogP contribution in [0.4, 0.5) is 0 Å². The van der Waals surface area contributed by atoms with Crippen molar-refractivity contribution in [1.29, 1.82) is 0 Å². The monoisotopic (exact) mass is 224 g/mol. The van der Waals surface area contributed by atoms with Crippen LogP contribution in [-0.2, 0) is 4.74 Å². The summed E-state index contributed by atoms with van der Waals surface area (Å²) in [5.74, 6) is 0.846. The highest BCUT2D eigenvalue weighted by Gasteiger charge is 2.07. The van der Waals surface area contributed by atoms with Crippen LogP contribution < -0.4 is 4.74 Å². The largest absolute Gasteiger partial charge is 0.488 e. The van der Waals surface area contributed by atoms with Crippen LogP contribution in [0.3, 0.4) is 0 Å². The molecule has 16 heavy (non-hydrogen) atoms. The Labute approximate surface area is 97.0 Å². The van der Waals surface area contributed by atoms with Crippen LogP contribution in [0.2, 0.25) is 0 Å². The van der Waals surface area contributed by atoms with Gasteiger partial charge in [0.2, 0.25) is 0 Å². The van der Waals surface area contributed by atoms with Gasteiger partial charge in [-0.2, -0.15) is 0 Å². The lowest BCUT2D eigenvalue weighted by Gasteiger charge is -2.17. The van der Waals surface area contributed by atoms with Gasteiger partial charge in [-0.15, -0.1) is 0 Å². The van der Waals surface area contributed by atoms with Crippen molar-refractivity contribution in [3.8, 4) is 5.75 Å². The van der Waals surface area contributed by atoms with Gasteiger partial charge in [-0.05, 0) is 32.9 Å². The third-order valence-corrected chi connectivity index (χ3v) is 2.23. The van der Waals surface area contributed by atoms with Crippen LogP contribution in [0.25, 0.3) is 0 Å². The zero-order valence-electron chi connectivity index (χ0n) is 10.1. The molecule has 0 radical (unpaired) electrons. The van der Waals surface area contributed by atoms with Crippen molar-refractivity contribution in [2.45, 2.75) is 33.0 Å². The Balaban J connectivity index is 2.33. The van der Waals surface area contributed by atoms with E-state index in [1.165, 1.54) is 5.56 Å². The second kappa shape index (κ2) is 6.51. The van der Waals surface area contributed by atoms with Gasteiger partial charge in [0.1, 0.15) is 11.9 Å². The molecule has 1 N–H and O–H groups in total. The van der Waals surface area contributed by atoms with E-state index < -0.39 is 0 Å². The van der Waals surface area contributed by atoms with E-state index in [2.05, 4.69) is 0 Å². The summed E-state index contributed by atoms with van der Waals surface area (Å²) >= 11 is 0. The van der Waals surface area contributed by atoms with Crippen LogP contribution in [-0.4, -0.2) is 30.5 Å². The summed E-state index contributed by atoms with van der Waals surface area (Å²) in [6, 6.07) is 7.92. The maximum absolute atomic E-state index is 8.80. The predicted octanol–water partition coefficient (Wildman–Crippen LogP) is 2.16. The Morgan fingerprint density at radius 2 is 1.75 bits per heavy atom. The van der Waals surface area contributed by atoms with E-state index >= 15 is 0 Å². The second-order valence-corrected chi connectivity index (χ2v) is 4.07. The fourth-order valence-corrected chi connectivity index (χ4v) is 1.24. The van der Waals surface area contributed by atoms with E-state index in [1.54, 1.807) is 0 Å². The Morgan fingerprint density at radius 1 is 1.12 bits per heavy atom. The molecule has 0 amide bonds. The third-order valence-electron chi connectivity index (χ3n) is 2.23. The molecule has 0 saturated heterocycles. The number of hydrogen-bond acceptors (Lipinski definition) is 3. The number of ether oxygens (including phenoxy) is 2. The molecule has 1 rings (SSSR count). The van der Waals surface area contributed by atoms with Crippen LogP contribution in [0.1, 0.15) is 19.4 Å². The molecule has 2 unspecified atom stereocenters. The average molecular weight is 224 g/mol. The Kier molecular flexibility index (Phi) is 5.29. The van der Waals surface area contributed by atoms with Crippen molar-refractivity contribution in [3.05, 3.63) is 29.8 Å². The lowest BCUT2D eigenvalue weighted by molar-refractivity contribution is -0.0110. The molecule has 0 aliphatic heterocycles. The van der Waals surface area contributed by atoms with E-state index in [0.717, 1.165) is 5.75 Å². The van der Waals surface area contributed by atoms with Gasteiger partial charge in [0.25, 0.3) is 0 Å². The van der Waals surface area contributed by atoms with Crippen LogP contribution >= 0.6 is 0 Å². The molecule has 3 nitrogen and oxygen atoms in total. The van der Waals surface area contributed by atoms with E-state index in [1.807, 2.05) is 45.0 Å². The zero-order valence-corrected chi connectivity index (χ0v) is 10.1. The van der Waals surface area contributed by atoms with Gasteiger partial charge >= 0.3 is 0 Å². The molecule has 0 spiro atoms. The number of aryl methyl sites for hydroxylation is 1. The summed E-state index contributed by atoms with van der Waals surface area (Å²) in [7, 11) is 0. The topological polar surface area (TPSA) is 38.7 Å². The van der Waals surface area contributed by atoms with Crippen molar-refractivity contribution < 1.29 is 14.6 Å². The zero-order chi connectivity index (χ0) is 12.0. The highest BCUT2D eigenvalue weighted by molar-refractivity contribution is 5.26. The van der Waals surface area contributed by atoms with Gasteiger partial charge in [0.15, 0.2) is 0 Å². The Hall–Kier alpha value is -1.06. The minimum atomic E-state index is -0.135. The van der Waals surface area contributed by atoms with Crippen LogP contribution in [0.15, 0.2) is 24.3 Å². The summed E-state index contributed by atoms with van der Waals surface area (Å²) in [6.07, 6.45) is -0.152. The molecule has 0 bridgehead atoms. The number of aliphatic hydroxyl groups is 1. The lowest BCUT2D eigenvalue weighted by atomic mass is 10.2. The third kappa shape index (κ3) is 4.64. The number of aliphatic hydroxyl groups excluding tert-OH is 1. The highest BCUT2D eigenvalue weighted by atomic mass is 16.5. The predicted molar refractivity (Wildman–Crippen MR) is 63.8 cm³/mol. The fourth-order valence-electron chi connectivity index (χ4n) is 1.24. The van der Waals surface area contributed by atoms with Gasteiger partial charge in [-0.3, -0.25) is 0 Å². The van der Waals surface area contributed by atoms with Crippen molar-refractivity contribution >= 4 is 0 Å². The van der Waals surface area contributed by atoms with Gasteiger partial charge < -0.3 is 14.6 Å². The molecular weight excluding hydrogens is 204 g/mol. The van der Waals surface area contributed by atoms with Crippen molar-refractivity contribution in [1.82, 2.24) is 0 Å². The first-order chi connectivity index (χ1) is 7.61. The maximum atomic E-state index is 8.80. The number of benzene rings is 1. The van der Waals surface area contributed by atoms with Gasteiger partial charge in [0, 0.05) is 0 Å². The Bertz CT molecular complexity index is 295. The van der Waals surface area contributed by atoms with Crippen molar-refractivity contribution in [3.63, 3.8) is 0 Å². The lowest BCUT2D eigenvalue weighted by Crippen LogP contribution is -2.24. The first kappa shape index (κ1) is 13.0. The fraction of sp³-hybridized carbons (Fsp3) is 0.538. The molecular formula is C13H20O3. The van der Waals surface area contributed by atoms with Gasteiger partial charge in [-0.25, -0.2) is 0 Å². The van der Waals surface area contributed by atoms with Gasteiger partial charge in [0.05, 0.1) is 19.3 Å². The first-order valence-electron chi connectivity index (χ1n) is 5.57. The minimum Gasteiger partial charge on any atom is -0.488 e. The molecule has 0 fully saturated rings. The summed E-state index contributed by atoms with van der Waals surface area (Å²) in [5.41, 5.74) is 1.21. The molecule has 1 aromatic carbocycles. The summed E-state index contributed by atoms with van der Waals surface area (Å²) < 4.78 is 11.0. The van der Waals surface area contributed by atoms with Crippen molar-refractivity contribution in [2.24, 2.45) is 0 Å². The number of rotatable bonds is 6. The molecule has 0 aliphatic rings. The molecule has 2 atom stereocenters. The van der Waals surface area contributed by atoms with E-state index in [-0.39, 0.29) is 18.8 Å². The van der Waals surface area contributed by atoms with E-state index in [0.29, 0.717) is 6.61 Å². The summed E-state index contributed by atoms with van der Waals surface area (Å²) in [6.45, 7) is 6.34. The molecule has 3 heteroatoms. The molecule has 1 aromatic rings. The van der Waals surface area contributed by atoms with Gasteiger partial charge in [-0.1, -0.05) is 17.7 Å². The summed E-state index contributed by atoms with van der Waals surface area (Å²) in [5, 5.41) is 8.80. The molecule has 90 valence electrons. The average Bonchev–Trinajstić information content (AvgIpc) is 2.29. The Morgan fingerprint density at radius 3 is 2.31 bits per heavy atom. The second-order valence-electron chi connectivity index (χ2n) is 4.07. The molecule has 0 aromatic heterocycles. The van der Waals surface area contributed by atoms with E-state index in [9.17, 15) is 0 Å². The van der Waals surface area contributed by atoms with Crippen LogP contribution in [0.5, 0.6) is 5.75 Å². The summed E-state index contributed by atoms with van der Waals surface area (Å²) in [4.78, 5) is 0. The standard InChI is InChI=1S/C13H20O3/c1-10-4-6-13(7-5-10)16-12(3)9-15-11(2)8-14/h4-7,11-12,14H,8-9H2,1-3H3. The molecule has 0 aliphatic carbocycles. The first-order valence-corrected chi connectivity index (χ1v) is 5.57. The van der Waals surface area contributed by atoms with E-state index in [4.69, 9.17) is 14.6 Å². The highest BCUT2D eigenvalue weighted by Crippen LogP contribution is 2.13. The van der Waals surface area contributed by atoms with Crippen molar-refractivity contribution in [2.75, 3.05) is 13.2 Å². The normalized spacial score (nSPS) is 14.5. The maximum Gasteiger partial charge on any atom is 0.119 e. The molecule has 0 heterocycles. The smallest absolute Gasteiger partial charge is 0.119 e. The minimum absolute atomic E-state index is 0.0169.